The number of aliphatic hydroxyl groups excluding tert-OH is 1. The molecule has 0 aliphatic carbocycles. The zero-order valence-corrected chi connectivity index (χ0v) is 16.1. The normalized spacial score (nSPS) is 13.2. The van der Waals surface area contributed by atoms with Gasteiger partial charge >= 0.3 is 0 Å². The number of hydrogen-bond acceptors (Lipinski definition) is 5. The van der Waals surface area contributed by atoms with Crippen LogP contribution in [0.5, 0.6) is 0 Å². The van der Waals surface area contributed by atoms with Gasteiger partial charge in [-0.15, -0.1) is 0 Å². The summed E-state index contributed by atoms with van der Waals surface area (Å²) >= 11 is 11.9. The van der Waals surface area contributed by atoms with Gasteiger partial charge in [0.1, 0.15) is 5.39 Å². The Balaban J connectivity index is 1.86. The molecule has 0 saturated carbocycles. The largest absolute Gasteiger partial charge is 0.387 e. The van der Waals surface area contributed by atoms with E-state index in [1.807, 2.05) is 20.8 Å². The quantitative estimate of drug-likeness (QED) is 0.629. The Morgan fingerprint density at radius 3 is 2.54 bits per heavy atom. The second kappa shape index (κ2) is 6.90. The van der Waals surface area contributed by atoms with Gasteiger partial charge in [-0.1, -0.05) is 23.2 Å². The Bertz CT molecular complexity index is 986. The summed E-state index contributed by atoms with van der Waals surface area (Å²) in [6.45, 7) is 6.04. The molecule has 138 valence electrons. The van der Waals surface area contributed by atoms with Gasteiger partial charge in [-0.25, -0.2) is 4.68 Å². The molecule has 0 spiro atoms. The predicted molar refractivity (Wildman–Crippen MR) is 103 cm³/mol. The minimum Gasteiger partial charge on any atom is -0.387 e. The van der Waals surface area contributed by atoms with Crippen molar-refractivity contribution in [2.75, 3.05) is 11.9 Å². The molecule has 3 aromatic rings. The number of aliphatic hydroxyl groups is 1. The van der Waals surface area contributed by atoms with Gasteiger partial charge in [0.05, 0.1) is 17.8 Å². The van der Waals surface area contributed by atoms with E-state index in [0.29, 0.717) is 26.6 Å². The van der Waals surface area contributed by atoms with Gasteiger partial charge < -0.3 is 10.4 Å². The Morgan fingerprint density at radius 2 is 1.92 bits per heavy atom. The van der Waals surface area contributed by atoms with Crippen LogP contribution in [0.1, 0.15) is 32.4 Å². The van der Waals surface area contributed by atoms with Crippen LogP contribution in [-0.4, -0.2) is 31.4 Å². The van der Waals surface area contributed by atoms with Crippen LogP contribution in [0.25, 0.3) is 11.0 Å². The molecule has 0 saturated heterocycles. The van der Waals surface area contributed by atoms with Crippen LogP contribution in [0.2, 0.25) is 10.0 Å². The van der Waals surface area contributed by atoms with Gasteiger partial charge in [-0.3, -0.25) is 9.78 Å². The molecule has 1 atom stereocenters. The highest BCUT2D eigenvalue weighted by molar-refractivity contribution is 6.34. The fraction of sp³-hybridized carbons (Fsp3) is 0.353. The number of aromatic amines is 1. The van der Waals surface area contributed by atoms with E-state index < -0.39 is 6.10 Å². The lowest BCUT2D eigenvalue weighted by molar-refractivity contribution is 0.191. The molecular weight excluding hydrogens is 377 g/mol. The van der Waals surface area contributed by atoms with Crippen molar-refractivity contribution in [1.82, 2.24) is 19.7 Å². The Labute approximate surface area is 160 Å². The maximum atomic E-state index is 12.3. The number of benzene rings is 1. The first-order valence-electron chi connectivity index (χ1n) is 8.01. The van der Waals surface area contributed by atoms with Crippen LogP contribution >= 0.6 is 23.2 Å². The lowest BCUT2D eigenvalue weighted by Crippen LogP contribution is -2.24. The fourth-order valence-electron chi connectivity index (χ4n) is 2.57. The average Bonchev–Trinajstić information content (AvgIpc) is 2.96. The summed E-state index contributed by atoms with van der Waals surface area (Å²) in [5.74, 6) is 0.251. The average molecular weight is 396 g/mol. The Hall–Kier alpha value is -2.09. The number of anilines is 1. The molecule has 0 aliphatic rings. The molecule has 2 heterocycles. The molecule has 0 amide bonds. The summed E-state index contributed by atoms with van der Waals surface area (Å²) in [7, 11) is 0. The first kappa shape index (κ1) is 18.7. The Kier molecular flexibility index (Phi) is 4.96. The summed E-state index contributed by atoms with van der Waals surface area (Å²) in [5.41, 5.74) is 0.423. The lowest BCUT2D eigenvalue weighted by Gasteiger charge is -2.20. The molecule has 3 rings (SSSR count). The monoisotopic (exact) mass is 395 g/mol. The molecule has 9 heteroatoms. The van der Waals surface area contributed by atoms with E-state index in [-0.39, 0.29) is 23.6 Å². The summed E-state index contributed by atoms with van der Waals surface area (Å²) in [6, 6.07) is 4.86. The van der Waals surface area contributed by atoms with E-state index >= 15 is 0 Å². The summed E-state index contributed by atoms with van der Waals surface area (Å²) in [5, 5.41) is 18.8. The highest BCUT2D eigenvalue weighted by Gasteiger charge is 2.20. The number of hydrogen-bond donors (Lipinski definition) is 3. The third-order valence-electron chi connectivity index (χ3n) is 3.81. The maximum Gasteiger partial charge on any atom is 0.263 e. The number of halogens is 2. The molecular formula is C17H19Cl2N5O2. The second-order valence-electron chi connectivity index (χ2n) is 6.98. The number of nitrogens with zero attached hydrogens (tertiary/aromatic N) is 3. The minimum atomic E-state index is -0.875. The van der Waals surface area contributed by atoms with Crippen molar-refractivity contribution in [3.8, 4) is 0 Å². The molecule has 1 unspecified atom stereocenters. The second-order valence-corrected chi connectivity index (χ2v) is 7.85. The molecule has 0 fully saturated rings. The Morgan fingerprint density at radius 1 is 1.27 bits per heavy atom. The lowest BCUT2D eigenvalue weighted by atomic mass is 10.1. The van der Waals surface area contributed by atoms with Crippen LogP contribution in [0.3, 0.4) is 0 Å². The van der Waals surface area contributed by atoms with E-state index in [1.54, 1.807) is 22.9 Å². The van der Waals surface area contributed by atoms with Crippen molar-refractivity contribution in [1.29, 1.82) is 0 Å². The van der Waals surface area contributed by atoms with Crippen LogP contribution in [-0.2, 0) is 5.54 Å². The van der Waals surface area contributed by atoms with Gasteiger partial charge in [0.15, 0.2) is 5.65 Å². The van der Waals surface area contributed by atoms with Crippen molar-refractivity contribution in [2.24, 2.45) is 0 Å². The fourth-order valence-corrected chi connectivity index (χ4v) is 3.11. The maximum absolute atomic E-state index is 12.3. The molecule has 2 aromatic heterocycles. The highest BCUT2D eigenvalue weighted by Crippen LogP contribution is 2.24. The summed E-state index contributed by atoms with van der Waals surface area (Å²) in [4.78, 5) is 19.3. The van der Waals surface area contributed by atoms with Crippen LogP contribution in [0, 0.1) is 0 Å². The molecule has 7 nitrogen and oxygen atoms in total. The van der Waals surface area contributed by atoms with Crippen molar-refractivity contribution in [3.63, 3.8) is 0 Å². The van der Waals surface area contributed by atoms with Crippen molar-refractivity contribution in [3.05, 3.63) is 50.4 Å². The first-order chi connectivity index (χ1) is 12.1. The summed E-state index contributed by atoms with van der Waals surface area (Å²) < 4.78 is 1.69. The topological polar surface area (TPSA) is 95.8 Å². The van der Waals surface area contributed by atoms with Gasteiger partial charge in [-0.05, 0) is 44.5 Å². The van der Waals surface area contributed by atoms with E-state index in [1.165, 1.54) is 6.20 Å². The van der Waals surface area contributed by atoms with Crippen molar-refractivity contribution >= 4 is 40.2 Å². The minimum absolute atomic E-state index is 0.120. The van der Waals surface area contributed by atoms with E-state index in [0.717, 1.165) is 0 Å². The summed E-state index contributed by atoms with van der Waals surface area (Å²) in [6.07, 6.45) is 0.624. The molecule has 26 heavy (non-hydrogen) atoms. The SMILES string of the molecule is CC(C)(C)n1ncc2c(=O)[nH]c(NCC(O)c3cc(Cl)cc(Cl)c3)nc21. The zero-order chi connectivity index (χ0) is 19.1. The van der Waals surface area contributed by atoms with E-state index in [9.17, 15) is 9.90 Å². The van der Waals surface area contributed by atoms with Gasteiger partial charge in [-0.2, -0.15) is 10.1 Å². The van der Waals surface area contributed by atoms with E-state index in [2.05, 4.69) is 20.4 Å². The molecule has 0 aliphatic heterocycles. The predicted octanol–water partition coefficient (Wildman–Crippen LogP) is 3.33. The van der Waals surface area contributed by atoms with Gasteiger partial charge in [0.25, 0.3) is 5.56 Å². The number of aromatic nitrogens is 4. The molecule has 1 aromatic carbocycles. The van der Waals surface area contributed by atoms with Crippen LogP contribution in [0.15, 0.2) is 29.2 Å². The third-order valence-corrected chi connectivity index (χ3v) is 4.24. The number of rotatable bonds is 4. The van der Waals surface area contributed by atoms with Crippen LogP contribution in [0.4, 0.5) is 5.95 Å². The third kappa shape index (κ3) is 3.85. The number of fused-ring (bicyclic) bond motifs is 1. The van der Waals surface area contributed by atoms with Crippen molar-refractivity contribution < 1.29 is 5.11 Å². The van der Waals surface area contributed by atoms with E-state index in [4.69, 9.17) is 23.2 Å². The van der Waals surface area contributed by atoms with Gasteiger partial charge in [0, 0.05) is 16.6 Å². The van der Waals surface area contributed by atoms with Crippen LogP contribution < -0.4 is 10.9 Å². The smallest absolute Gasteiger partial charge is 0.263 e. The first-order valence-corrected chi connectivity index (χ1v) is 8.77. The standard InChI is InChI=1S/C17H19Cl2N5O2/c1-17(2,3)24-14-12(7-21-24)15(26)23-16(22-14)20-8-13(25)9-4-10(18)6-11(19)5-9/h4-7,13,25H,8H2,1-3H3,(H2,20,22,23,26). The number of H-pyrrole nitrogens is 1. The van der Waals surface area contributed by atoms with Gasteiger partial charge in [0.2, 0.25) is 5.95 Å². The highest BCUT2D eigenvalue weighted by atomic mass is 35.5. The zero-order valence-electron chi connectivity index (χ0n) is 14.5. The number of nitrogens with one attached hydrogen (secondary N) is 2. The molecule has 0 bridgehead atoms. The molecule has 3 N–H and O–H groups in total. The molecule has 0 radical (unpaired) electrons. The van der Waals surface area contributed by atoms with Crippen molar-refractivity contribution in [2.45, 2.75) is 32.4 Å².